The van der Waals surface area contributed by atoms with Crippen molar-refractivity contribution in [1.29, 1.82) is 0 Å². The zero-order valence-corrected chi connectivity index (χ0v) is 13.3. The van der Waals surface area contributed by atoms with Crippen molar-refractivity contribution in [2.45, 2.75) is 18.7 Å². The van der Waals surface area contributed by atoms with Crippen LogP contribution in [0, 0.1) is 0 Å². The summed E-state index contributed by atoms with van der Waals surface area (Å²) < 4.78 is 116. The van der Waals surface area contributed by atoms with Gasteiger partial charge in [0.15, 0.2) is 6.61 Å². The monoisotopic (exact) mass is 421 g/mol. The Morgan fingerprint density at radius 1 is 0.889 bits per heavy atom. The van der Waals surface area contributed by atoms with Crippen LogP contribution in [-0.4, -0.2) is 45.2 Å². The highest BCUT2D eigenvalue weighted by Gasteiger charge is 2.37. The summed E-state index contributed by atoms with van der Waals surface area (Å²) >= 11 is 0. The molecular formula is C13H13F10NO3. The van der Waals surface area contributed by atoms with Gasteiger partial charge in [0.25, 0.3) is 0 Å². The van der Waals surface area contributed by atoms with Gasteiger partial charge in [-0.2, -0.15) is 26.3 Å². The van der Waals surface area contributed by atoms with Crippen molar-refractivity contribution < 1.29 is 58.2 Å². The number of anilines is 1. The van der Waals surface area contributed by atoms with Crippen LogP contribution < -0.4 is 5.32 Å². The molecule has 0 spiro atoms. The number of rotatable bonds is 3. The predicted molar refractivity (Wildman–Crippen MR) is 72.6 cm³/mol. The number of ether oxygens (including phenoxy) is 2. The summed E-state index contributed by atoms with van der Waals surface area (Å²) in [4.78, 5) is 9.84. The van der Waals surface area contributed by atoms with Crippen LogP contribution in [0.1, 0.15) is 0 Å². The number of benzene rings is 1. The van der Waals surface area contributed by atoms with Crippen LogP contribution in [0.25, 0.3) is 0 Å². The zero-order chi connectivity index (χ0) is 21.7. The number of hydrogen-bond acceptors (Lipinski definition) is 3. The Morgan fingerprint density at radius 3 is 1.56 bits per heavy atom. The van der Waals surface area contributed by atoms with Gasteiger partial charge in [-0.25, -0.2) is 4.79 Å². The van der Waals surface area contributed by atoms with Gasteiger partial charge in [0.05, 0.1) is 0 Å². The predicted octanol–water partition coefficient (Wildman–Crippen LogP) is 5.47. The molecule has 1 amide bonds. The molecule has 0 fully saturated rings. The number of methoxy groups -OCH3 is 1. The minimum atomic E-state index is -5.21. The quantitative estimate of drug-likeness (QED) is 0.400. The van der Waals surface area contributed by atoms with Gasteiger partial charge >= 0.3 is 24.9 Å². The fourth-order valence-electron chi connectivity index (χ4n) is 0.962. The Labute approximate surface area is 146 Å². The third kappa shape index (κ3) is 26.3. The topological polar surface area (TPSA) is 47.6 Å². The van der Waals surface area contributed by atoms with E-state index in [-0.39, 0.29) is 0 Å². The van der Waals surface area contributed by atoms with Crippen molar-refractivity contribution in [3.05, 3.63) is 30.3 Å². The van der Waals surface area contributed by atoms with Gasteiger partial charge < -0.3 is 4.74 Å². The molecule has 0 radical (unpaired) electrons. The van der Waals surface area contributed by atoms with Crippen LogP contribution >= 0.6 is 0 Å². The van der Waals surface area contributed by atoms with E-state index in [2.05, 4.69) is 9.47 Å². The molecule has 1 rings (SSSR count). The first-order chi connectivity index (χ1) is 12.1. The van der Waals surface area contributed by atoms with Crippen molar-refractivity contribution in [3.8, 4) is 0 Å². The number of nitrogens with one attached hydrogen (secondary N) is 1. The summed E-state index contributed by atoms with van der Waals surface area (Å²) in [7, 11) is 1.01. The Bertz CT molecular complexity index is 500. The molecule has 0 aliphatic rings. The molecule has 0 aliphatic heterocycles. The second-order valence-corrected chi connectivity index (χ2v) is 4.16. The Morgan fingerprint density at radius 2 is 1.33 bits per heavy atom. The van der Waals surface area contributed by atoms with Crippen LogP contribution in [0.2, 0.25) is 0 Å². The average Bonchev–Trinajstić information content (AvgIpc) is 2.44. The smallest absolute Gasteiger partial charge is 0.375 e. The molecule has 0 aliphatic carbocycles. The van der Waals surface area contributed by atoms with Crippen LogP contribution in [0.5, 0.6) is 0 Å². The van der Waals surface area contributed by atoms with E-state index < -0.39 is 38.1 Å². The number of halogens is 10. The number of amides is 1. The Hall–Kier alpha value is -2.09. The summed E-state index contributed by atoms with van der Waals surface area (Å²) in [5.74, 6) is 0. The average molecular weight is 421 g/mol. The summed E-state index contributed by atoms with van der Waals surface area (Å²) in [6, 6.07) is 8.43. The standard InChI is InChI=1S/C7H6FNO.C3H2F6O.C3H5F3O/c8-7(10)9-6-4-2-1-3-5-6;4-2(5,6)1-10-3(7,8)9;1-7-2-3(4,5)6/h1-5H,(H,9,10);1H2;2H2,1H3. The fourth-order valence-corrected chi connectivity index (χ4v) is 0.962. The molecule has 0 unspecified atom stereocenters. The van der Waals surface area contributed by atoms with Crippen LogP contribution in [0.3, 0.4) is 0 Å². The Kier molecular flexibility index (Phi) is 12.4. The molecule has 158 valence electrons. The fraction of sp³-hybridized carbons (Fsp3) is 0.462. The molecule has 1 N–H and O–H groups in total. The molecule has 0 aromatic heterocycles. The summed E-state index contributed by atoms with van der Waals surface area (Å²) in [5.41, 5.74) is 0.468. The van der Waals surface area contributed by atoms with Gasteiger partial charge in [-0.15, -0.1) is 17.6 Å². The summed E-state index contributed by atoms with van der Waals surface area (Å²) in [6.45, 7) is -3.45. The maximum atomic E-state index is 11.6. The maximum Gasteiger partial charge on any atom is 0.522 e. The first-order valence-electron chi connectivity index (χ1n) is 6.40. The van der Waals surface area contributed by atoms with Crippen LogP contribution in [0.4, 0.5) is 54.4 Å². The molecule has 27 heavy (non-hydrogen) atoms. The van der Waals surface area contributed by atoms with E-state index in [0.29, 0.717) is 5.69 Å². The number of hydrogen-bond donors (Lipinski definition) is 1. The van der Waals surface area contributed by atoms with E-state index in [4.69, 9.17) is 0 Å². The SMILES string of the molecule is COCC(F)(F)F.FC(F)(F)COC(F)(F)F.O=C(F)Nc1ccccc1. The third-order valence-corrected chi connectivity index (χ3v) is 1.72. The zero-order valence-electron chi connectivity index (χ0n) is 13.3. The van der Waals surface area contributed by atoms with Gasteiger partial charge in [-0.05, 0) is 12.1 Å². The lowest BCUT2D eigenvalue weighted by atomic mass is 10.3. The van der Waals surface area contributed by atoms with E-state index >= 15 is 0 Å². The number of carbonyl (C=O) groups excluding carboxylic acids is 1. The van der Waals surface area contributed by atoms with Crippen molar-refractivity contribution >= 4 is 11.8 Å². The normalized spacial score (nSPS) is 11.5. The van der Waals surface area contributed by atoms with Gasteiger partial charge in [0.2, 0.25) is 0 Å². The molecule has 0 saturated carbocycles. The van der Waals surface area contributed by atoms with Crippen molar-refractivity contribution in [2.75, 3.05) is 25.6 Å². The van der Waals surface area contributed by atoms with E-state index in [0.717, 1.165) is 7.11 Å². The molecule has 0 heterocycles. The van der Waals surface area contributed by atoms with Gasteiger partial charge in [0, 0.05) is 12.8 Å². The number of alkyl halides is 9. The molecule has 1 aromatic carbocycles. The Balaban J connectivity index is 0. The van der Waals surface area contributed by atoms with Crippen LogP contribution in [-0.2, 0) is 9.47 Å². The van der Waals surface area contributed by atoms with Gasteiger partial charge in [-0.3, -0.25) is 10.1 Å². The van der Waals surface area contributed by atoms with Gasteiger partial charge in [0.1, 0.15) is 6.61 Å². The molecule has 1 aromatic rings. The first-order valence-corrected chi connectivity index (χ1v) is 6.40. The maximum absolute atomic E-state index is 11.6. The molecular weight excluding hydrogens is 408 g/mol. The van der Waals surface area contributed by atoms with E-state index in [1.54, 1.807) is 30.3 Å². The number of para-hydroxylation sites is 1. The molecule has 14 heteroatoms. The summed E-state index contributed by atoms with van der Waals surface area (Å²) in [6.07, 6.45) is -15.9. The lowest BCUT2D eigenvalue weighted by Crippen LogP contribution is -2.24. The highest BCUT2D eigenvalue weighted by molar-refractivity contribution is 5.83. The van der Waals surface area contributed by atoms with E-state index in [1.807, 2.05) is 5.32 Å². The minimum Gasteiger partial charge on any atom is -0.375 e. The molecule has 0 bridgehead atoms. The van der Waals surface area contributed by atoms with Crippen molar-refractivity contribution in [1.82, 2.24) is 0 Å². The van der Waals surface area contributed by atoms with Gasteiger partial charge in [-0.1, -0.05) is 18.2 Å². The van der Waals surface area contributed by atoms with E-state index in [1.165, 1.54) is 0 Å². The molecule has 0 saturated heterocycles. The highest BCUT2D eigenvalue weighted by Crippen LogP contribution is 2.22. The third-order valence-electron chi connectivity index (χ3n) is 1.72. The lowest BCUT2D eigenvalue weighted by molar-refractivity contribution is -0.352. The van der Waals surface area contributed by atoms with Crippen LogP contribution in [0.15, 0.2) is 30.3 Å². The minimum absolute atomic E-state index is 0.468. The van der Waals surface area contributed by atoms with Crippen molar-refractivity contribution in [2.24, 2.45) is 0 Å². The number of carbonyl (C=O) groups is 1. The first kappa shape index (κ1) is 27.1. The largest absolute Gasteiger partial charge is 0.522 e. The lowest BCUT2D eigenvalue weighted by Gasteiger charge is -2.08. The summed E-state index contributed by atoms with van der Waals surface area (Å²) in [5, 5.41) is 2.00. The second kappa shape index (κ2) is 12.3. The second-order valence-electron chi connectivity index (χ2n) is 4.16. The molecule has 4 nitrogen and oxygen atoms in total. The van der Waals surface area contributed by atoms with Crippen molar-refractivity contribution in [3.63, 3.8) is 0 Å². The van der Waals surface area contributed by atoms with E-state index in [9.17, 15) is 48.7 Å². The highest BCUT2D eigenvalue weighted by atomic mass is 19.4. The molecule has 0 atom stereocenters.